The number of alkyl carbamates (subject to hydrolysis) is 1. The smallest absolute Gasteiger partial charge is 0.407 e. The summed E-state index contributed by atoms with van der Waals surface area (Å²) in [5.74, 6) is 0. The predicted molar refractivity (Wildman–Crippen MR) is 77.7 cm³/mol. The Bertz CT molecular complexity index is 753. The summed E-state index contributed by atoms with van der Waals surface area (Å²) in [6.45, 7) is 1.15. The van der Waals surface area contributed by atoms with E-state index in [1.54, 1.807) is 0 Å². The van der Waals surface area contributed by atoms with Crippen molar-refractivity contribution < 1.29 is 9.53 Å². The van der Waals surface area contributed by atoms with Gasteiger partial charge in [0.1, 0.15) is 6.61 Å². The van der Waals surface area contributed by atoms with Crippen molar-refractivity contribution in [1.29, 1.82) is 0 Å². The molecule has 20 heavy (non-hydrogen) atoms. The minimum Gasteiger partial charge on any atom is -0.447 e. The first-order chi connectivity index (χ1) is 9.83. The van der Waals surface area contributed by atoms with Gasteiger partial charge in [-0.25, -0.2) is 4.79 Å². The standard InChI is InChI=1S/C16H14N2O2/c19-16-17-11(10-20-16)9-18-14-7-3-1-5-12(14)13-6-2-4-8-15(13)18/h1-8,11H,9-10H2,(H,17,19). The summed E-state index contributed by atoms with van der Waals surface area (Å²) in [5.41, 5.74) is 2.38. The van der Waals surface area contributed by atoms with Crippen LogP contribution in [0.15, 0.2) is 48.5 Å². The number of hydrogen-bond acceptors (Lipinski definition) is 2. The van der Waals surface area contributed by atoms with Crippen molar-refractivity contribution in [2.45, 2.75) is 12.6 Å². The molecule has 1 saturated heterocycles. The third kappa shape index (κ3) is 1.65. The molecule has 4 heteroatoms. The highest BCUT2D eigenvalue weighted by molar-refractivity contribution is 6.07. The molecule has 2 aromatic carbocycles. The number of benzene rings is 2. The van der Waals surface area contributed by atoms with E-state index >= 15 is 0 Å². The van der Waals surface area contributed by atoms with E-state index in [4.69, 9.17) is 4.74 Å². The Balaban J connectivity index is 1.89. The normalized spacial score (nSPS) is 18.4. The van der Waals surface area contributed by atoms with Crippen LogP contribution in [-0.4, -0.2) is 23.3 Å². The van der Waals surface area contributed by atoms with E-state index in [0.717, 1.165) is 6.54 Å². The first kappa shape index (κ1) is 11.3. The minimum atomic E-state index is -0.323. The van der Waals surface area contributed by atoms with Crippen molar-refractivity contribution >= 4 is 27.9 Å². The number of hydrogen-bond donors (Lipinski definition) is 1. The molecule has 3 aromatic rings. The Hall–Kier alpha value is -2.49. The highest BCUT2D eigenvalue weighted by Gasteiger charge is 2.23. The second-order valence-electron chi connectivity index (χ2n) is 5.08. The molecule has 1 atom stereocenters. The number of nitrogens with zero attached hydrogens (tertiary/aromatic N) is 1. The Kier molecular flexibility index (Phi) is 2.42. The van der Waals surface area contributed by atoms with Crippen molar-refractivity contribution in [2.24, 2.45) is 0 Å². The largest absolute Gasteiger partial charge is 0.447 e. The second-order valence-corrected chi connectivity index (χ2v) is 5.08. The van der Waals surface area contributed by atoms with E-state index in [1.165, 1.54) is 21.8 Å². The molecule has 1 aromatic heterocycles. The third-order valence-corrected chi connectivity index (χ3v) is 3.82. The summed E-state index contributed by atoms with van der Waals surface area (Å²) < 4.78 is 7.23. The minimum absolute atomic E-state index is 0.0294. The van der Waals surface area contributed by atoms with Gasteiger partial charge >= 0.3 is 6.09 Å². The van der Waals surface area contributed by atoms with E-state index in [-0.39, 0.29) is 12.1 Å². The molecule has 4 nitrogen and oxygen atoms in total. The SMILES string of the molecule is O=C1NC(Cn2c3ccccc3c3ccccc32)CO1. The fraction of sp³-hybridized carbons (Fsp3) is 0.188. The number of carbonyl (C=O) groups is 1. The number of cyclic esters (lactones) is 1. The molecule has 1 N–H and O–H groups in total. The molecule has 0 bridgehead atoms. The van der Waals surface area contributed by atoms with Crippen LogP contribution in [0.4, 0.5) is 4.79 Å². The van der Waals surface area contributed by atoms with Gasteiger partial charge in [0.05, 0.1) is 6.04 Å². The maximum absolute atomic E-state index is 11.2. The molecule has 2 heterocycles. The summed E-state index contributed by atoms with van der Waals surface area (Å²) in [7, 11) is 0. The fourth-order valence-corrected chi connectivity index (χ4v) is 2.95. The molecule has 1 unspecified atom stereocenters. The molecule has 0 radical (unpaired) electrons. The van der Waals surface area contributed by atoms with Crippen molar-refractivity contribution in [2.75, 3.05) is 6.61 Å². The first-order valence-electron chi connectivity index (χ1n) is 6.72. The number of carbonyl (C=O) groups excluding carboxylic acids is 1. The molecule has 1 aliphatic heterocycles. The lowest BCUT2D eigenvalue weighted by atomic mass is 10.2. The average molecular weight is 266 g/mol. The summed E-state index contributed by atoms with van der Waals surface area (Å²) in [6, 6.07) is 16.7. The number of amides is 1. The lowest BCUT2D eigenvalue weighted by Gasteiger charge is -2.11. The summed E-state index contributed by atoms with van der Waals surface area (Å²) >= 11 is 0. The number of para-hydroxylation sites is 2. The van der Waals surface area contributed by atoms with Crippen molar-refractivity contribution in [1.82, 2.24) is 9.88 Å². The quantitative estimate of drug-likeness (QED) is 0.775. The van der Waals surface area contributed by atoms with Gasteiger partial charge in [-0.2, -0.15) is 0 Å². The van der Waals surface area contributed by atoms with Crippen molar-refractivity contribution in [3.8, 4) is 0 Å². The molecule has 4 rings (SSSR count). The molecule has 1 fully saturated rings. The predicted octanol–water partition coefficient (Wildman–Crippen LogP) is 2.90. The topological polar surface area (TPSA) is 43.3 Å². The van der Waals surface area contributed by atoms with Crippen LogP contribution in [0.1, 0.15) is 0 Å². The monoisotopic (exact) mass is 266 g/mol. The molecular formula is C16H14N2O2. The summed E-state index contributed by atoms with van der Waals surface area (Å²) in [4.78, 5) is 11.2. The molecule has 0 aliphatic carbocycles. The Labute approximate surface area is 115 Å². The Morgan fingerprint density at radius 3 is 2.20 bits per heavy atom. The number of ether oxygens (including phenoxy) is 1. The van der Waals surface area contributed by atoms with Gasteiger partial charge in [0.2, 0.25) is 0 Å². The van der Waals surface area contributed by atoms with Gasteiger partial charge < -0.3 is 14.6 Å². The van der Waals surface area contributed by atoms with Gasteiger partial charge in [-0.05, 0) is 12.1 Å². The zero-order chi connectivity index (χ0) is 13.5. The Morgan fingerprint density at radius 2 is 1.65 bits per heavy atom. The maximum atomic E-state index is 11.2. The van der Waals surface area contributed by atoms with E-state index in [2.05, 4.69) is 46.3 Å². The van der Waals surface area contributed by atoms with E-state index in [9.17, 15) is 4.79 Å². The van der Waals surface area contributed by atoms with Crippen LogP contribution in [-0.2, 0) is 11.3 Å². The Morgan fingerprint density at radius 1 is 1.05 bits per heavy atom. The van der Waals surface area contributed by atoms with Crippen LogP contribution in [0, 0.1) is 0 Å². The van der Waals surface area contributed by atoms with Crippen LogP contribution in [0.5, 0.6) is 0 Å². The van der Waals surface area contributed by atoms with E-state index < -0.39 is 0 Å². The van der Waals surface area contributed by atoms with Crippen LogP contribution in [0.25, 0.3) is 21.8 Å². The highest BCUT2D eigenvalue weighted by atomic mass is 16.6. The van der Waals surface area contributed by atoms with E-state index in [0.29, 0.717) is 6.61 Å². The van der Waals surface area contributed by atoms with Crippen LogP contribution in [0.2, 0.25) is 0 Å². The van der Waals surface area contributed by atoms with Gasteiger partial charge in [0, 0.05) is 28.4 Å². The van der Waals surface area contributed by atoms with Gasteiger partial charge in [0.25, 0.3) is 0 Å². The van der Waals surface area contributed by atoms with Gasteiger partial charge in [0.15, 0.2) is 0 Å². The molecule has 0 spiro atoms. The fourth-order valence-electron chi connectivity index (χ4n) is 2.95. The molecule has 1 amide bonds. The summed E-state index contributed by atoms with van der Waals surface area (Å²) in [5, 5.41) is 5.33. The maximum Gasteiger partial charge on any atom is 0.407 e. The lowest BCUT2D eigenvalue weighted by Crippen LogP contribution is -2.30. The average Bonchev–Trinajstić information content (AvgIpc) is 3.03. The zero-order valence-electron chi connectivity index (χ0n) is 10.9. The van der Waals surface area contributed by atoms with Gasteiger partial charge in [-0.3, -0.25) is 0 Å². The summed E-state index contributed by atoms with van der Waals surface area (Å²) in [6.07, 6.45) is -0.323. The van der Waals surface area contributed by atoms with Crippen LogP contribution >= 0.6 is 0 Å². The van der Waals surface area contributed by atoms with Crippen molar-refractivity contribution in [3.63, 3.8) is 0 Å². The van der Waals surface area contributed by atoms with Crippen LogP contribution < -0.4 is 5.32 Å². The molecular weight excluding hydrogens is 252 g/mol. The zero-order valence-corrected chi connectivity index (χ0v) is 10.9. The number of aromatic nitrogens is 1. The highest BCUT2D eigenvalue weighted by Crippen LogP contribution is 2.29. The number of fused-ring (bicyclic) bond motifs is 3. The van der Waals surface area contributed by atoms with Crippen LogP contribution in [0.3, 0.4) is 0 Å². The third-order valence-electron chi connectivity index (χ3n) is 3.82. The number of nitrogens with one attached hydrogen (secondary N) is 1. The first-order valence-corrected chi connectivity index (χ1v) is 6.72. The van der Waals surface area contributed by atoms with Crippen molar-refractivity contribution in [3.05, 3.63) is 48.5 Å². The molecule has 0 saturated carbocycles. The van der Waals surface area contributed by atoms with Gasteiger partial charge in [-0.15, -0.1) is 0 Å². The number of rotatable bonds is 2. The molecule has 1 aliphatic rings. The van der Waals surface area contributed by atoms with E-state index in [1.807, 2.05) is 12.1 Å². The molecule has 100 valence electrons. The lowest BCUT2D eigenvalue weighted by molar-refractivity contribution is 0.176. The second kappa shape index (κ2) is 4.27. The van der Waals surface area contributed by atoms with Gasteiger partial charge in [-0.1, -0.05) is 36.4 Å².